The topological polar surface area (TPSA) is 58.8 Å². The van der Waals surface area contributed by atoms with Crippen molar-refractivity contribution in [2.45, 2.75) is 26.3 Å². The van der Waals surface area contributed by atoms with Gasteiger partial charge in [-0.2, -0.15) is 0 Å². The third-order valence-corrected chi connectivity index (χ3v) is 3.10. The molecule has 16 heavy (non-hydrogen) atoms. The van der Waals surface area contributed by atoms with Crippen LogP contribution in [0.1, 0.15) is 20.3 Å². The summed E-state index contributed by atoms with van der Waals surface area (Å²) < 4.78 is 4.97. The van der Waals surface area contributed by atoms with Crippen molar-refractivity contribution in [3.63, 3.8) is 0 Å². The number of piperazine rings is 1. The number of hydrogen-bond donors (Lipinski definition) is 1. The molecule has 1 aliphatic rings. The van der Waals surface area contributed by atoms with Crippen LogP contribution in [0.25, 0.3) is 0 Å². The summed E-state index contributed by atoms with van der Waals surface area (Å²) in [6, 6.07) is 0.448. The van der Waals surface area contributed by atoms with Crippen molar-refractivity contribution in [1.82, 2.24) is 9.80 Å². The standard InChI is InChI=1S/C11H23N3O2/c1-3-10(9-12)13-5-7-14(8-6-13)11(15)16-4-2/h10H,3-9,12H2,1-2H3. The zero-order valence-electron chi connectivity index (χ0n) is 10.3. The van der Waals surface area contributed by atoms with Gasteiger partial charge in [0.2, 0.25) is 0 Å². The van der Waals surface area contributed by atoms with Crippen molar-refractivity contribution in [3.05, 3.63) is 0 Å². The summed E-state index contributed by atoms with van der Waals surface area (Å²) >= 11 is 0. The normalized spacial score (nSPS) is 19.6. The van der Waals surface area contributed by atoms with Gasteiger partial charge in [0.15, 0.2) is 0 Å². The summed E-state index contributed by atoms with van der Waals surface area (Å²) in [5.74, 6) is 0. The van der Waals surface area contributed by atoms with Crippen molar-refractivity contribution < 1.29 is 9.53 Å². The van der Waals surface area contributed by atoms with Crippen LogP contribution in [0.2, 0.25) is 0 Å². The van der Waals surface area contributed by atoms with Crippen LogP contribution in [0.15, 0.2) is 0 Å². The summed E-state index contributed by atoms with van der Waals surface area (Å²) in [6.07, 6.45) is 0.874. The summed E-state index contributed by atoms with van der Waals surface area (Å²) in [6.45, 7) is 8.40. The average molecular weight is 229 g/mol. The molecule has 0 spiro atoms. The number of amides is 1. The minimum atomic E-state index is -0.192. The minimum Gasteiger partial charge on any atom is -0.450 e. The van der Waals surface area contributed by atoms with E-state index in [2.05, 4.69) is 11.8 Å². The van der Waals surface area contributed by atoms with Crippen LogP contribution in [0, 0.1) is 0 Å². The fraction of sp³-hybridized carbons (Fsp3) is 0.909. The lowest BCUT2D eigenvalue weighted by molar-refractivity contribution is 0.0665. The number of carbonyl (C=O) groups excluding carboxylic acids is 1. The highest BCUT2D eigenvalue weighted by Crippen LogP contribution is 2.09. The van der Waals surface area contributed by atoms with Gasteiger partial charge in [-0.05, 0) is 13.3 Å². The first-order chi connectivity index (χ1) is 7.72. The van der Waals surface area contributed by atoms with E-state index in [-0.39, 0.29) is 6.09 Å². The largest absolute Gasteiger partial charge is 0.450 e. The van der Waals surface area contributed by atoms with Crippen molar-refractivity contribution in [2.24, 2.45) is 5.73 Å². The van der Waals surface area contributed by atoms with Gasteiger partial charge in [-0.1, -0.05) is 6.92 Å². The summed E-state index contributed by atoms with van der Waals surface area (Å²) in [5, 5.41) is 0. The Morgan fingerprint density at radius 3 is 2.38 bits per heavy atom. The maximum atomic E-state index is 11.5. The fourth-order valence-corrected chi connectivity index (χ4v) is 2.06. The molecule has 1 rings (SSSR count). The predicted molar refractivity (Wildman–Crippen MR) is 63.3 cm³/mol. The molecule has 1 atom stereocenters. The molecule has 1 fully saturated rings. The second kappa shape index (κ2) is 6.70. The first kappa shape index (κ1) is 13.3. The van der Waals surface area contributed by atoms with E-state index in [1.54, 1.807) is 4.90 Å². The third kappa shape index (κ3) is 3.35. The maximum absolute atomic E-state index is 11.5. The van der Waals surface area contributed by atoms with Gasteiger partial charge >= 0.3 is 6.09 Å². The second-order valence-corrected chi connectivity index (χ2v) is 4.02. The van der Waals surface area contributed by atoms with Crippen LogP contribution in [0.4, 0.5) is 4.79 Å². The van der Waals surface area contributed by atoms with Gasteiger partial charge in [0.05, 0.1) is 6.61 Å². The number of nitrogens with two attached hydrogens (primary N) is 1. The van der Waals surface area contributed by atoms with Crippen molar-refractivity contribution in [3.8, 4) is 0 Å². The number of hydrogen-bond acceptors (Lipinski definition) is 4. The van der Waals surface area contributed by atoms with Crippen LogP contribution in [-0.2, 0) is 4.74 Å². The fourth-order valence-electron chi connectivity index (χ4n) is 2.06. The highest BCUT2D eigenvalue weighted by Gasteiger charge is 2.24. The third-order valence-electron chi connectivity index (χ3n) is 3.10. The zero-order valence-corrected chi connectivity index (χ0v) is 10.3. The Labute approximate surface area is 97.5 Å². The molecule has 1 heterocycles. The van der Waals surface area contributed by atoms with E-state index in [9.17, 15) is 4.79 Å². The van der Waals surface area contributed by atoms with E-state index in [1.807, 2.05) is 6.92 Å². The van der Waals surface area contributed by atoms with Crippen LogP contribution in [-0.4, -0.2) is 61.3 Å². The van der Waals surface area contributed by atoms with Gasteiger partial charge in [-0.3, -0.25) is 4.90 Å². The highest BCUT2D eigenvalue weighted by molar-refractivity contribution is 5.67. The van der Waals surface area contributed by atoms with Crippen molar-refractivity contribution in [1.29, 1.82) is 0 Å². The lowest BCUT2D eigenvalue weighted by Crippen LogP contribution is -2.53. The molecule has 0 aromatic heterocycles. The average Bonchev–Trinajstić information content (AvgIpc) is 2.32. The summed E-state index contributed by atoms with van der Waals surface area (Å²) in [7, 11) is 0. The first-order valence-electron chi connectivity index (χ1n) is 6.08. The van der Waals surface area contributed by atoms with Gasteiger partial charge in [0, 0.05) is 38.8 Å². The van der Waals surface area contributed by atoms with Gasteiger partial charge in [0.25, 0.3) is 0 Å². The Morgan fingerprint density at radius 2 is 1.94 bits per heavy atom. The molecule has 5 heteroatoms. The zero-order chi connectivity index (χ0) is 12.0. The van der Waals surface area contributed by atoms with Gasteiger partial charge in [-0.15, -0.1) is 0 Å². The van der Waals surface area contributed by atoms with Crippen LogP contribution in [0.3, 0.4) is 0 Å². The molecule has 94 valence electrons. The molecule has 1 saturated heterocycles. The highest BCUT2D eigenvalue weighted by atomic mass is 16.6. The molecule has 0 aromatic rings. The van der Waals surface area contributed by atoms with Gasteiger partial charge < -0.3 is 15.4 Å². The second-order valence-electron chi connectivity index (χ2n) is 4.02. The molecule has 1 unspecified atom stereocenters. The molecule has 0 aromatic carbocycles. The Hall–Kier alpha value is -0.810. The molecule has 0 bridgehead atoms. The van der Waals surface area contributed by atoms with E-state index in [1.165, 1.54) is 0 Å². The SMILES string of the molecule is CCOC(=O)N1CCN(C(CC)CN)CC1. The van der Waals surface area contributed by atoms with Crippen molar-refractivity contribution >= 4 is 6.09 Å². The molecule has 0 saturated carbocycles. The quantitative estimate of drug-likeness (QED) is 0.762. The Morgan fingerprint density at radius 1 is 1.31 bits per heavy atom. The molecule has 5 nitrogen and oxygen atoms in total. The monoisotopic (exact) mass is 229 g/mol. The number of ether oxygens (including phenoxy) is 1. The van der Waals surface area contributed by atoms with Gasteiger partial charge in [-0.25, -0.2) is 4.79 Å². The van der Waals surface area contributed by atoms with E-state index >= 15 is 0 Å². The number of rotatable bonds is 4. The lowest BCUT2D eigenvalue weighted by atomic mass is 10.1. The minimum absolute atomic E-state index is 0.192. The van der Waals surface area contributed by atoms with Crippen LogP contribution < -0.4 is 5.73 Å². The van der Waals surface area contributed by atoms with E-state index in [0.29, 0.717) is 19.2 Å². The van der Waals surface area contributed by atoms with E-state index in [4.69, 9.17) is 10.5 Å². The molecule has 1 aliphatic heterocycles. The van der Waals surface area contributed by atoms with E-state index in [0.717, 1.165) is 32.6 Å². The summed E-state index contributed by atoms with van der Waals surface area (Å²) in [4.78, 5) is 15.6. The first-order valence-corrected chi connectivity index (χ1v) is 6.08. The number of nitrogens with zero attached hydrogens (tertiary/aromatic N) is 2. The molecule has 0 radical (unpaired) electrons. The predicted octanol–water partition coefficient (Wildman–Crippen LogP) is 0.498. The lowest BCUT2D eigenvalue weighted by Gasteiger charge is -2.38. The molecule has 0 aliphatic carbocycles. The molecular weight excluding hydrogens is 206 g/mol. The van der Waals surface area contributed by atoms with Crippen molar-refractivity contribution in [2.75, 3.05) is 39.3 Å². The number of carbonyl (C=O) groups is 1. The summed E-state index contributed by atoms with van der Waals surface area (Å²) in [5.41, 5.74) is 5.71. The van der Waals surface area contributed by atoms with Gasteiger partial charge in [0.1, 0.15) is 0 Å². The molecular formula is C11H23N3O2. The molecule has 2 N–H and O–H groups in total. The Balaban J connectivity index is 2.35. The smallest absolute Gasteiger partial charge is 0.409 e. The van der Waals surface area contributed by atoms with Crippen LogP contribution >= 0.6 is 0 Å². The van der Waals surface area contributed by atoms with Crippen LogP contribution in [0.5, 0.6) is 0 Å². The Bertz CT molecular complexity index is 211. The Kier molecular flexibility index (Phi) is 5.55. The maximum Gasteiger partial charge on any atom is 0.409 e. The molecule has 1 amide bonds. The van der Waals surface area contributed by atoms with E-state index < -0.39 is 0 Å².